The number of aliphatic carboxylic acids is 1. The van der Waals surface area contributed by atoms with Crippen molar-refractivity contribution >= 4 is 11.9 Å². The van der Waals surface area contributed by atoms with Crippen LogP contribution in [0.3, 0.4) is 0 Å². The molecule has 1 saturated carbocycles. The third-order valence-corrected chi connectivity index (χ3v) is 2.58. The molecular weight excluding hydrogens is 184 g/mol. The number of carboxylic acids is 1. The molecule has 2 atom stereocenters. The quantitative estimate of drug-likeness (QED) is 0.697. The van der Waals surface area contributed by atoms with Crippen molar-refractivity contribution in [2.75, 3.05) is 6.61 Å². The van der Waals surface area contributed by atoms with Gasteiger partial charge in [-0.05, 0) is 19.3 Å². The Balaban J connectivity index is 2.49. The minimum atomic E-state index is -0.874. The number of hydrogen-bond acceptors (Lipinski definition) is 3. The Morgan fingerprint density at radius 1 is 1.36 bits per heavy atom. The van der Waals surface area contributed by atoms with E-state index in [-0.39, 0.29) is 5.97 Å². The van der Waals surface area contributed by atoms with Gasteiger partial charge >= 0.3 is 11.9 Å². The maximum Gasteiger partial charge on any atom is 0.309 e. The summed E-state index contributed by atoms with van der Waals surface area (Å²) in [5.41, 5.74) is 0. The maximum atomic E-state index is 11.4. The smallest absolute Gasteiger partial charge is 0.309 e. The molecular formula is C10H16O4. The zero-order valence-corrected chi connectivity index (χ0v) is 8.36. The van der Waals surface area contributed by atoms with Gasteiger partial charge in [-0.15, -0.1) is 0 Å². The first-order chi connectivity index (χ1) is 6.66. The summed E-state index contributed by atoms with van der Waals surface area (Å²) < 4.78 is 4.95. The van der Waals surface area contributed by atoms with Gasteiger partial charge in [-0.25, -0.2) is 0 Å². The fourth-order valence-electron chi connectivity index (χ4n) is 1.85. The summed E-state index contributed by atoms with van der Waals surface area (Å²) in [6, 6.07) is 0. The van der Waals surface area contributed by atoms with Crippen molar-refractivity contribution in [2.45, 2.75) is 32.6 Å². The van der Waals surface area contributed by atoms with Crippen molar-refractivity contribution in [1.82, 2.24) is 0 Å². The molecule has 1 N–H and O–H groups in total. The Morgan fingerprint density at radius 3 is 2.57 bits per heavy atom. The molecule has 0 aromatic heterocycles. The number of carbonyl (C=O) groups is 2. The van der Waals surface area contributed by atoms with Gasteiger partial charge in [-0.3, -0.25) is 9.59 Å². The van der Waals surface area contributed by atoms with Gasteiger partial charge in [0, 0.05) is 0 Å². The van der Waals surface area contributed by atoms with Crippen molar-refractivity contribution in [1.29, 1.82) is 0 Å². The Bertz CT molecular complexity index is 224. The lowest BCUT2D eigenvalue weighted by Gasteiger charge is -2.14. The van der Waals surface area contributed by atoms with Gasteiger partial charge in [0.25, 0.3) is 0 Å². The summed E-state index contributed by atoms with van der Waals surface area (Å²) in [5, 5.41) is 8.85. The molecule has 1 aliphatic rings. The molecule has 2 unspecified atom stereocenters. The summed E-state index contributed by atoms with van der Waals surface area (Å²) >= 11 is 0. The van der Waals surface area contributed by atoms with E-state index < -0.39 is 17.8 Å². The fourth-order valence-corrected chi connectivity index (χ4v) is 1.85. The maximum absolute atomic E-state index is 11.4. The second-order valence-electron chi connectivity index (χ2n) is 3.65. The van der Waals surface area contributed by atoms with Gasteiger partial charge in [0.15, 0.2) is 0 Å². The lowest BCUT2D eigenvalue weighted by molar-refractivity contribution is -0.156. The SMILES string of the molecule is CCCOC(=O)C1CCCC1C(=O)O. The number of carboxylic acid groups (broad SMARTS) is 1. The van der Waals surface area contributed by atoms with E-state index >= 15 is 0 Å². The predicted octanol–water partition coefficient (Wildman–Crippen LogP) is 1.44. The monoisotopic (exact) mass is 200 g/mol. The molecule has 14 heavy (non-hydrogen) atoms. The first-order valence-electron chi connectivity index (χ1n) is 5.06. The van der Waals surface area contributed by atoms with Crippen LogP contribution in [0.4, 0.5) is 0 Å². The average molecular weight is 200 g/mol. The van der Waals surface area contributed by atoms with E-state index in [1.54, 1.807) is 0 Å². The molecule has 0 spiro atoms. The van der Waals surface area contributed by atoms with Crippen molar-refractivity contribution in [2.24, 2.45) is 11.8 Å². The minimum absolute atomic E-state index is 0.336. The molecule has 0 heterocycles. The summed E-state index contributed by atoms with van der Waals surface area (Å²) in [5.74, 6) is -2.16. The van der Waals surface area contributed by atoms with Gasteiger partial charge in [0.2, 0.25) is 0 Å². The highest BCUT2D eigenvalue weighted by atomic mass is 16.5. The van der Waals surface area contributed by atoms with Crippen molar-refractivity contribution in [3.05, 3.63) is 0 Å². The van der Waals surface area contributed by atoms with Crippen LogP contribution in [-0.2, 0) is 14.3 Å². The lowest BCUT2D eigenvalue weighted by Crippen LogP contribution is -2.27. The molecule has 4 nitrogen and oxygen atoms in total. The van der Waals surface area contributed by atoms with Crippen LogP contribution in [0.1, 0.15) is 32.6 Å². The Hall–Kier alpha value is -1.06. The lowest BCUT2D eigenvalue weighted by atomic mass is 9.96. The van der Waals surface area contributed by atoms with Crippen molar-refractivity contribution in [3.63, 3.8) is 0 Å². The molecule has 0 saturated heterocycles. The number of ether oxygens (including phenoxy) is 1. The first kappa shape index (κ1) is 11.0. The number of carbonyl (C=O) groups excluding carboxylic acids is 1. The molecule has 1 fully saturated rings. The molecule has 0 aromatic rings. The number of esters is 1. The van der Waals surface area contributed by atoms with E-state index in [1.165, 1.54) is 0 Å². The Morgan fingerprint density at radius 2 is 2.00 bits per heavy atom. The van der Waals surface area contributed by atoms with Gasteiger partial charge in [-0.1, -0.05) is 13.3 Å². The molecule has 0 aromatic carbocycles. The highest BCUT2D eigenvalue weighted by Gasteiger charge is 2.38. The summed E-state index contributed by atoms with van der Waals surface area (Å²) in [4.78, 5) is 22.2. The molecule has 1 aliphatic carbocycles. The van der Waals surface area contributed by atoms with Crippen LogP contribution in [0, 0.1) is 11.8 Å². The predicted molar refractivity (Wildman–Crippen MR) is 49.7 cm³/mol. The average Bonchev–Trinajstić information content (AvgIpc) is 2.62. The first-order valence-corrected chi connectivity index (χ1v) is 5.06. The molecule has 0 aliphatic heterocycles. The zero-order chi connectivity index (χ0) is 10.6. The van der Waals surface area contributed by atoms with E-state index in [0.717, 1.165) is 12.8 Å². The topological polar surface area (TPSA) is 63.6 Å². The summed E-state index contributed by atoms with van der Waals surface area (Å²) in [6.45, 7) is 2.30. The van der Waals surface area contributed by atoms with Gasteiger partial charge in [-0.2, -0.15) is 0 Å². The van der Waals surface area contributed by atoms with Crippen LogP contribution in [0.25, 0.3) is 0 Å². The molecule has 0 amide bonds. The van der Waals surface area contributed by atoms with Gasteiger partial charge < -0.3 is 9.84 Å². The molecule has 0 bridgehead atoms. The Labute approximate surface area is 83.2 Å². The third kappa shape index (κ3) is 2.47. The largest absolute Gasteiger partial charge is 0.481 e. The van der Waals surface area contributed by atoms with E-state index in [4.69, 9.17) is 9.84 Å². The summed E-state index contributed by atoms with van der Waals surface area (Å²) in [7, 11) is 0. The zero-order valence-electron chi connectivity index (χ0n) is 8.36. The molecule has 80 valence electrons. The number of hydrogen-bond donors (Lipinski definition) is 1. The van der Waals surface area contributed by atoms with Crippen LogP contribution in [-0.4, -0.2) is 23.7 Å². The molecule has 1 rings (SSSR count). The van der Waals surface area contributed by atoms with Gasteiger partial charge in [0.05, 0.1) is 18.4 Å². The summed E-state index contributed by atoms with van der Waals surface area (Å²) in [6.07, 6.45) is 2.83. The third-order valence-electron chi connectivity index (χ3n) is 2.58. The second kappa shape index (κ2) is 4.98. The van der Waals surface area contributed by atoms with Crippen LogP contribution in [0.5, 0.6) is 0 Å². The van der Waals surface area contributed by atoms with E-state index in [9.17, 15) is 9.59 Å². The number of rotatable bonds is 4. The van der Waals surface area contributed by atoms with Crippen molar-refractivity contribution < 1.29 is 19.4 Å². The Kier molecular flexibility index (Phi) is 3.92. The van der Waals surface area contributed by atoms with E-state index in [2.05, 4.69) is 0 Å². The van der Waals surface area contributed by atoms with E-state index in [1.807, 2.05) is 6.92 Å². The van der Waals surface area contributed by atoms with Crippen LogP contribution >= 0.6 is 0 Å². The highest BCUT2D eigenvalue weighted by Crippen LogP contribution is 2.32. The van der Waals surface area contributed by atoms with Crippen LogP contribution in [0.2, 0.25) is 0 Å². The molecule has 0 radical (unpaired) electrons. The van der Waals surface area contributed by atoms with Crippen molar-refractivity contribution in [3.8, 4) is 0 Å². The van der Waals surface area contributed by atoms with E-state index in [0.29, 0.717) is 19.4 Å². The highest BCUT2D eigenvalue weighted by molar-refractivity contribution is 5.81. The minimum Gasteiger partial charge on any atom is -0.481 e. The molecule has 4 heteroatoms. The van der Waals surface area contributed by atoms with Gasteiger partial charge in [0.1, 0.15) is 0 Å². The van der Waals surface area contributed by atoms with Crippen LogP contribution < -0.4 is 0 Å². The second-order valence-corrected chi connectivity index (χ2v) is 3.65. The standard InChI is InChI=1S/C10H16O4/c1-2-6-14-10(13)8-5-3-4-7(8)9(11)12/h7-8H,2-6H2,1H3,(H,11,12). The normalized spacial score (nSPS) is 26.1. The van der Waals surface area contributed by atoms with Crippen LogP contribution in [0.15, 0.2) is 0 Å². The fraction of sp³-hybridized carbons (Fsp3) is 0.800.